The summed E-state index contributed by atoms with van der Waals surface area (Å²) in [4.78, 5) is 52.7. The number of carbonyl (C=O) groups is 3. The highest BCUT2D eigenvalue weighted by Gasteiger charge is 2.53. The number of carbonyl (C=O) groups excluding carboxylic acids is 3. The van der Waals surface area contributed by atoms with Gasteiger partial charge in [-0.25, -0.2) is 25.3 Å². The lowest BCUT2D eigenvalue weighted by Crippen LogP contribution is -2.72. The molecule has 90 heavy (non-hydrogen) atoms. The van der Waals surface area contributed by atoms with E-state index >= 15 is 0 Å². The number of nitrogens with zero attached hydrogens (tertiary/aromatic N) is 9. The molecule has 30 heteroatoms. The molecule has 3 aromatic carbocycles. The number of amides is 3. The van der Waals surface area contributed by atoms with Crippen molar-refractivity contribution in [2.75, 3.05) is 137 Å². The number of hydrogen-bond acceptors (Lipinski definition) is 15. The van der Waals surface area contributed by atoms with Gasteiger partial charge in [0.15, 0.2) is 0 Å². The standard InChI is InChI=1S/3C20H27Cl2N3O4S/c3*1-30(27,28)25-9-8-24(19(26)11-14-4-5-15(21)16(22)10-14)20-17(12-29-13-18(20)25)23-6-2-3-7-23/h3*4-5,10,17-18,20H,2-3,6-9,11-13H2,1H3/t2*17?,18-,20-;17-,18+,20+/m111/s1. The van der Waals surface area contributed by atoms with Gasteiger partial charge in [0.25, 0.3) is 0 Å². The molecule has 9 saturated heterocycles. The van der Waals surface area contributed by atoms with Crippen molar-refractivity contribution in [3.63, 3.8) is 0 Å². The third-order valence-electron chi connectivity index (χ3n) is 19.1. The highest BCUT2D eigenvalue weighted by atomic mass is 35.5. The number of fused-ring (bicyclic) bond motifs is 3. The van der Waals surface area contributed by atoms with Crippen LogP contribution in [0.5, 0.6) is 0 Å². The first-order valence-corrected chi connectivity index (χ1v) is 38.6. The molecule has 0 spiro atoms. The van der Waals surface area contributed by atoms with Crippen LogP contribution < -0.4 is 0 Å². The van der Waals surface area contributed by atoms with Gasteiger partial charge in [0, 0.05) is 39.3 Å². The summed E-state index contributed by atoms with van der Waals surface area (Å²) in [5.41, 5.74) is 2.38. The van der Waals surface area contributed by atoms with Crippen LogP contribution in [0.4, 0.5) is 0 Å². The minimum atomic E-state index is -3.40. The van der Waals surface area contributed by atoms with E-state index in [1.54, 1.807) is 54.6 Å². The van der Waals surface area contributed by atoms with Crippen LogP contribution in [0, 0.1) is 0 Å². The van der Waals surface area contributed by atoms with Crippen molar-refractivity contribution in [2.24, 2.45) is 0 Å². The molecule has 21 nitrogen and oxygen atoms in total. The molecule has 0 bridgehead atoms. The number of hydrogen-bond donors (Lipinski definition) is 0. The monoisotopic (exact) mass is 1430 g/mol. The smallest absolute Gasteiger partial charge is 0.227 e. The minimum absolute atomic E-state index is 0.00597. The van der Waals surface area contributed by atoms with E-state index in [1.807, 2.05) is 14.7 Å². The van der Waals surface area contributed by atoms with Gasteiger partial charge in [-0.05, 0) is 131 Å². The fourth-order valence-corrected chi connectivity index (χ4v) is 19.2. The molecular formula is C60H81Cl6N9O12S3. The molecular weight excluding hydrogens is 1350 g/mol. The number of benzene rings is 3. The first-order chi connectivity index (χ1) is 42.8. The van der Waals surface area contributed by atoms with Crippen molar-refractivity contribution < 1.29 is 53.8 Å². The summed E-state index contributed by atoms with van der Waals surface area (Å²) >= 11 is 36.4. The van der Waals surface area contributed by atoms with Crippen LogP contribution in [0.15, 0.2) is 54.6 Å². The van der Waals surface area contributed by atoms with E-state index in [0.29, 0.717) is 89.4 Å². The third-order valence-corrected chi connectivity index (χ3v) is 25.2. The Morgan fingerprint density at radius 3 is 0.811 bits per heavy atom. The summed E-state index contributed by atoms with van der Waals surface area (Å²) in [6.45, 7) is 10.1. The number of likely N-dealkylation sites (tertiary alicyclic amines) is 3. The fraction of sp³-hybridized carbons (Fsp3) is 0.650. The Hall–Kier alpha value is -2.70. The normalized spacial score (nSPS) is 28.5. The average Bonchev–Trinajstić information content (AvgIpc) is 0.975. The van der Waals surface area contributed by atoms with Crippen LogP contribution in [0.1, 0.15) is 55.2 Å². The van der Waals surface area contributed by atoms with E-state index < -0.39 is 30.1 Å². The van der Waals surface area contributed by atoms with Crippen molar-refractivity contribution in [2.45, 2.75) is 112 Å². The zero-order valence-electron chi connectivity index (χ0n) is 50.9. The van der Waals surface area contributed by atoms with Crippen molar-refractivity contribution in [1.29, 1.82) is 0 Å². The Bertz CT molecular complexity index is 3070. The van der Waals surface area contributed by atoms with Gasteiger partial charge in [-0.15, -0.1) is 0 Å². The van der Waals surface area contributed by atoms with Gasteiger partial charge in [-0.2, -0.15) is 12.9 Å². The van der Waals surface area contributed by atoms with Crippen LogP contribution in [0.25, 0.3) is 0 Å². The quantitative estimate of drug-likeness (QED) is 0.216. The van der Waals surface area contributed by atoms with Crippen LogP contribution in [-0.2, 0) is 77.9 Å². The maximum Gasteiger partial charge on any atom is 0.227 e. The topological polar surface area (TPSA) is 210 Å². The average molecular weight is 1430 g/mol. The van der Waals surface area contributed by atoms with Crippen molar-refractivity contribution in [1.82, 2.24) is 42.3 Å². The van der Waals surface area contributed by atoms with Crippen LogP contribution in [-0.4, -0.2) is 277 Å². The Labute approximate surface area is 560 Å². The van der Waals surface area contributed by atoms with E-state index in [1.165, 1.54) is 31.7 Å². The van der Waals surface area contributed by atoms with Crippen molar-refractivity contribution in [3.05, 3.63) is 101 Å². The van der Waals surface area contributed by atoms with E-state index in [4.69, 9.17) is 83.8 Å². The second-order valence-corrected chi connectivity index (χ2v) is 33.1. The molecule has 3 aromatic rings. The lowest BCUT2D eigenvalue weighted by atomic mass is 9.92. The number of ether oxygens (including phenoxy) is 3. The van der Waals surface area contributed by atoms with Crippen LogP contribution >= 0.6 is 69.6 Å². The molecule has 9 atom stereocenters. The number of halogens is 6. The molecule has 9 heterocycles. The van der Waals surface area contributed by atoms with Gasteiger partial charge >= 0.3 is 0 Å². The lowest BCUT2D eigenvalue weighted by molar-refractivity contribution is -0.147. The van der Waals surface area contributed by atoms with E-state index in [9.17, 15) is 39.6 Å². The molecule has 0 radical (unpaired) electrons. The van der Waals surface area contributed by atoms with Crippen LogP contribution in [0.3, 0.4) is 0 Å². The second-order valence-electron chi connectivity index (χ2n) is 24.9. The van der Waals surface area contributed by atoms with Gasteiger partial charge in [-0.3, -0.25) is 29.1 Å². The minimum Gasteiger partial charge on any atom is -0.378 e. The number of sulfonamides is 3. The molecule has 0 aliphatic carbocycles. The molecule has 2 unspecified atom stereocenters. The summed E-state index contributed by atoms with van der Waals surface area (Å²) in [7, 11) is -10.2. The van der Waals surface area contributed by atoms with Crippen molar-refractivity contribution in [3.8, 4) is 0 Å². The molecule has 0 N–H and O–H groups in total. The predicted octanol–water partition coefficient (Wildman–Crippen LogP) is 5.61. The molecule has 12 rings (SSSR count). The molecule has 498 valence electrons. The van der Waals surface area contributed by atoms with E-state index in [0.717, 1.165) is 94.5 Å². The molecule has 3 amide bonds. The summed E-state index contributed by atoms with van der Waals surface area (Å²) in [5, 5.41) is 2.61. The molecule has 0 saturated carbocycles. The highest BCUT2D eigenvalue weighted by molar-refractivity contribution is 7.88. The zero-order valence-corrected chi connectivity index (χ0v) is 57.9. The largest absolute Gasteiger partial charge is 0.378 e. The molecule has 0 aromatic heterocycles. The first-order valence-electron chi connectivity index (χ1n) is 30.8. The zero-order chi connectivity index (χ0) is 64.4. The van der Waals surface area contributed by atoms with E-state index in [-0.39, 0.29) is 111 Å². The maximum absolute atomic E-state index is 13.4. The summed E-state index contributed by atoms with van der Waals surface area (Å²) in [5.74, 6) is -0.0760. The highest BCUT2D eigenvalue weighted by Crippen LogP contribution is 2.36. The first kappa shape index (κ1) is 70.1. The third kappa shape index (κ3) is 16.4. The SMILES string of the molecule is CS(=O)(=O)N1CCN(C(=O)Cc2ccc(Cl)c(Cl)c2)[C@@H]2C(N3CCCC3)COC[C@H]21.CS(=O)(=O)N1CCN(C(=O)Cc2ccc(Cl)c(Cl)c2)[C@@H]2C(N3CCCC3)COC[C@H]21.CS(=O)(=O)N1CCN(C(=O)Cc2ccc(Cl)c(Cl)c2)[C@H]2[C@H](N3CCCC3)COC[C@@H]21. The van der Waals surface area contributed by atoms with Gasteiger partial charge in [0.05, 0.1) is 162 Å². The Balaban J connectivity index is 0.000000148. The maximum atomic E-state index is 13.4. The van der Waals surface area contributed by atoms with Gasteiger partial charge in [0.1, 0.15) is 0 Å². The van der Waals surface area contributed by atoms with Gasteiger partial charge in [0.2, 0.25) is 47.8 Å². The Morgan fingerprint density at radius 1 is 0.356 bits per heavy atom. The van der Waals surface area contributed by atoms with Gasteiger partial charge < -0.3 is 28.9 Å². The molecule has 9 fully saturated rings. The Morgan fingerprint density at radius 2 is 0.589 bits per heavy atom. The number of piperazine rings is 3. The fourth-order valence-electron chi connectivity index (χ4n) is 14.9. The van der Waals surface area contributed by atoms with E-state index in [2.05, 4.69) is 14.7 Å². The van der Waals surface area contributed by atoms with Crippen LogP contribution in [0.2, 0.25) is 30.1 Å². The summed E-state index contributed by atoms with van der Waals surface area (Å²) in [6, 6.07) is 13.8. The molecule has 9 aliphatic heterocycles. The lowest BCUT2D eigenvalue weighted by Gasteiger charge is -2.53. The number of rotatable bonds is 12. The summed E-state index contributed by atoms with van der Waals surface area (Å²) < 4.78 is 96.7. The molecule has 9 aliphatic rings. The Kier molecular flexibility index (Phi) is 23.5. The van der Waals surface area contributed by atoms with Gasteiger partial charge in [-0.1, -0.05) is 87.8 Å². The predicted molar refractivity (Wildman–Crippen MR) is 349 cm³/mol. The second kappa shape index (κ2) is 30.2. The van der Waals surface area contributed by atoms with Crippen molar-refractivity contribution >= 4 is 117 Å². The summed E-state index contributed by atoms with van der Waals surface area (Å²) in [6.07, 6.45) is 11.0.